The minimum atomic E-state index is -0.181. The van der Waals surface area contributed by atoms with Crippen LogP contribution in [0, 0.1) is 13.8 Å². The van der Waals surface area contributed by atoms with Crippen LogP contribution in [0.15, 0.2) is 35.1 Å². The molecule has 0 spiro atoms. The first-order chi connectivity index (χ1) is 9.99. The first kappa shape index (κ1) is 14.5. The minimum Gasteiger partial charge on any atom is -0.294 e. The van der Waals surface area contributed by atoms with Gasteiger partial charge in [-0.05, 0) is 50.1 Å². The van der Waals surface area contributed by atoms with E-state index in [9.17, 15) is 0 Å². The first-order valence-corrected chi connectivity index (χ1v) is 7.95. The van der Waals surface area contributed by atoms with Crippen molar-refractivity contribution < 1.29 is 0 Å². The summed E-state index contributed by atoms with van der Waals surface area (Å²) in [5.41, 5.74) is 5.38. The van der Waals surface area contributed by atoms with Crippen molar-refractivity contribution in [1.82, 2.24) is 14.5 Å². The molecule has 0 fully saturated rings. The molecule has 5 heteroatoms. The van der Waals surface area contributed by atoms with E-state index in [2.05, 4.69) is 56.4 Å². The molecule has 3 aromatic rings. The molecule has 0 amide bonds. The van der Waals surface area contributed by atoms with Crippen LogP contribution < -0.4 is 0 Å². The lowest BCUT2D eigenvalue weighted by Crippen LogP contribution is -2.06. The fourth-order valence-electron chi connectivity index (χ4n) is 2.71. The fraction of sp³-hybridized carbons (Fsp3) is 0.250. The summed E-state index contributed by atoms with van der Waals surface area (Å²) in [5, 5.41) is -0.181. The van der Waals surface area contributed by atoms with E-state index < -0.39 is 0 Å². The van der Waals surface area contributed by atoms with E-state index in [-0.39, 0.29) is 5.38 Å². The number of hydrogen-bond donors (Lipinski definition) is 0. The zero-order valence-corrected chi connectivity index (χ0v) is 14.4. The van der Waals surface area contributed by atoms with Gasteiger partial charge in [0.05, 0.1) is 22.8 Å². The van der Waals surface area contributed by atoms with Gasteiger partial charge < -0.3 is 0 Å². The van der Waals surface area contributed by atoms with Gasteiger partial charge in [0, 0.05) is 10.7 Å². The third kappa shape index (κ3) is 2.47. The zero-order valence-electron chi connectivity index (χ0n) is 12.1. The number of nitrogens with zero attached hydrogens (tertiary/aromatic N) is 3. The Balaban J connectivity index is 2.42. The van der Waals surface area contributed by atoms with Gasteiger partial charge in [0.2, 0.25) is 0 Å². The maximum atomic E-state index is 6.35. The summed E-state index contributed by atoms with van der Waals surface area (Å²) in [7, 11) is 0. The Kier molecular flexibility index (Phi) is 3.76. The molecule has 0 saturated heterocycles. The molecule has 2 aromatic heterocycles. The van der Waals surface area contributed by atoms with Gasteiger partial charge >= 0.3 is 0 Å². The van der Waals surface area contributed by atoms with Crippen molar-refractivity contribution in [2.45, 2.75) is 26.1 Å². The predicted molar refractivity (Wildman–Crippen MR) is 90.3 cm³/mol. The number of hydrogen-bond acceptors (Lipinski definition) is 2. The summed E-state index contributed by atoms with van der Waals surface area (Å²) in [4.78, 5) is 8.80. The smallest absolute Gasteiger partial charge is 0.132 e. The van der Waals surface area contributed by atoms with Crippen LogP contribution in [0.4, 0.5) is 0 Å². The van der Waals surface area contributed by atoms with Crippen LogP contribution in [0.5, 0.6) is 0 Å². The van der Waals surface area contributed by atoms with Gasteiger partial charge in [0.1, 0.15) is 11.3 Å². The third-order valence-electron chi connectivity index (χ3n) is 3.52. The lowest BCUT2D eigenvalue weighted by atomic mass is 10.1. The van der Waals surface area contributed by atoms with Gasteiger partial charge in [0.25, 0.3) is 0 Å². The van der Waals surface area contributed by atoms with Crippen LogP contribution in [-0.2, 0) is 0 Å². The maximum Gasteiger partial charge on any atom is 0.132 e. The van der Waals surface area contributed by atoms with E-state index >= 15 is 0 Å². The van der Waals surface area contributed by atoms with Gasteiger partial charge in [-0.3, -0.25) is 9.55 Å². The van der Waals surface area contributed by atoms with Crippen LogP contribution >= 0.6 is 27.5 Å². The molecule has 108 valence electrons. The number of fused-ring (bicyclic) bond motifs is 1. The number of aryl methyl sites for hydroxylation is 2. The van der Waals surface area contributed by atoms with Crippen molar-refractivity contribution in [3.05, 3.63) is 52.0 Å². The van der Waals surface area contributed by atoms with E-state index in [0.29, 0.717) is 0 Å². The van der Waals surface area contributed by atoms with Crippen molar-refractivity contribution >= 4 is 38.6 Å². The van der Waals surface area contributed by atoms with Crippen LogP contribution in [0.3, 0.4) is 0 Å². The number of halogens is 2. The molecular weight excluding hydrogens is 350 g/mol. The molecule has 0 aliphatic carbocycles. The lowest BCUT2D eigenvalue weighted by Gasteiger charge is -2.16. The molecule has 0 aliphatic rings. The molecule has 0 N–H and O–H groups in total. The van der Waals surface area contributed by atoms with Crippen molar-refractivity contribution in [1.29, 1.82) is 0 Å². The number of alkyl halides is 1. The first-order valence-electron chi connectivity index (χ1n) is 6.72. The third-order valence-corrected chi connectivity index (χ3v) is 4.17. The molecule has 0 saturated carbocycles. The van der Waals surface area contributed by atoms with E-state index in [1.54, 1.807) is 12.4 Å². The highest BCUT2D eigenvalue weighted by Gasteiger charge is 2.19. The highest BCUT2D eigenvalue weighted by atomic mass is 79.9. The average molecular weight is 365 g/mol. The van der Waals surface area contributed by atoms with Gasteiger partial charge in [-0.2, -0.15) is 0 Å². The standard InChI is InChI=1S/C16H15BrClN3/c1-9-6-12(17)7-10(2)15(9)21-14-4-5-19-8-13(14)20-16(21)11(3)18/h4-8,11H,1-3H3. The summed E-state index contributed by atoms with van der Waals surface area (Å²) in [6.45, 7) is 6.14. The van der Waals surface area contributed by atoms with Gasteiger partial charge in [-0.15, -0.1) is 11.6 Å². The predicted octanol–water partition coefficient (Wildman–Crippen LogP) is 5.10. The fourth-order valence-corrected chi connectivity index (χ4v) is 3.54. The molecule has 21 heavy (non-hydrogen) atoms. The van der Waals surface area contributed by atoms with Crippen LogP contribution in [0.2, 0.25) is 0 Å². The SMILES string of the molecule is Cc1cc(Br)cc(C)c1-n1c(C(C)Cl)nc2cnccc21. The van der Waals surface area contributed by atoms with Crippen LogP contribution in [-0.4, -0.2) is 14.5 Å². The zero-order chi connectivity index (χ0) is 15.1. The Labute approximate surface area is 137 Å². The second-order valence-corrected chi connectivity index (χ2v) is 6.74. The molecule has 0 radical (unpaired) electrons. The van der Waals surface area contributed by atoms with E-state index in [1.807, 2.05) is 13.0 Å². The number of aromatic nitrogens is 3. The highest BCUT2D eigenvalue weighted by Crippen LogP contribution is 2.32. The van der Waals surface area contributed by atoms with Crippen molar-refractivity contribution in [2.75, 3.05) is 0 Å². The second kappa shape index (κ2) is 5.43. The molecule has 0 bridgehead atoms. The van der Waals surface area contributed by atoms with Crippen molar-refractivity contribution in [3.8, 4) is 5.69 Å². The monoisotopic (exact) mass is 363 g/mol. The lowest BCUT2D eigenvalue weighted by molar-refractivity contribution is 0.873. The summed E-state index contributed by atoms with van der Waals surface area (Å²) in [5.74, 6) is 0.841. The topological polar surface area (TPSA) is 30.7 Å². The molecule has 3 rings (SSSR count). The van der Waals surface area contributed by atoms with Gasteiger partial charge in [-0.25, -0.2) is 4.98 Å². The van der Waals surface area contributed by atoms with Crippen LogP contribution in [0.1, 0.15) is 29.3 Å². The van der Waals surface area contributed by atoms with Crippen LogP contribution in [0.25, 0.3) is 16.7 Å². The normalized spacial score (nSPS) is 12.8. The number of rotatable bonds is 2. The van der Waals surface area contributed by atoms with Gasteiger partial charge in [0.15, 0.2) is 0 Å². The Bertz CT molecular complexity index is 800. The Hall–Kier alpha value is -1.39. The molecule has 1 unspecified atom stereocenters. The second-order valence-electron chi connectivity index (χ2n) is 5.17. The minimum absolute atomic E-state index is 0.181. The molecule has 2 heterocycles. The molecular formula is C16H15BrClN3. The number of pyridine rings is 1. The van der Waals surface area contributed by atoms with E-state index in [1.165, 1.54) is 11.1 Å². The van der Waals surface area contributed by atoms with Gasteiger partial charge in [-0.1, -0.05) is 15.9 Å². The molecule has 0 aliphatic heterocycles. The quantitative estimate of drug-likeness (QED) is 0.592. The Morgan fingerprint density at radius 1 is 1.24 bits per heavy atom. The Morgan fingerprint density at radius 2 is 1.90 bits per heavy atom. The summed E-state index contributed by atoms with van der Waals surface area (Å²) in [6, 6.07) is 6.20. The summed E-state index contributed by atoms with van der Waals surface area (Å²) >= 11 is 9.90. The van der Waals surface area contributed by atoms with E-state index in [0.717, 1.165) is 27.0 Å². The Morgan fingerprint density at radius 3 is 2.52 bits per heavy atom. The highest BCUT2D eigenvalue weighted by molar-refractivity contribution is 9.10. The summed E-state index contributed by atoms with van der Waals surface area (Å²) < 4.78 is 3.22. The number of imidazole rings is 1. The van der Waals surface area contributed by atoms with Crippen molar-refractivity contribution in [3.63, 3.8) is 0 Å². The molecule has 1 aromatic carbocycles. The largest absolute Gasteiger partial charge is 0.294 e. The average Bonchev–Trinajstić information content (AvgIpc) is 2.77. The maximum absolute atomic E-state index is 6.35. The van der Waals surface area contributed by atoms with Crippen molar-refractivity contribution in [2.24, 2.45) is 0 Å². The molecule has 3 nitrogen and oxygen atoms in total. The molecule has 1 atom stereocenters. The van der Waals surface area contributed by atoms with E-state index in [4.69, 9.17) is 11.6 Å². The summed E-state index contributed by atoms with van der Waals surface area (Å²) in [6.07, 6.45) is 3.56. The number of benzene rings is 1.